The Hall–Kier alpha value is 0.634. The molecule has 0 spiro atoms. The molecule has 0 aliphatic rings. The maximum absolute atomic E-state index is 11.3. The first kappa shape index (κ1) is 19.0. The molecule has 0 radical (unpaired) electrons. The number of hydrogen-bond donors (Lipinski definition) is 0. The molecule has 0 aromatic heterocycles. The van der Waals surface area contributed by atoms with Crippen molar-refractivity contribution in [1.82, 2.24) is 0 Å². The van der Waals surface area contributed by atoms with Crippen LogP contribution in [0.1, 0.15) is 6.92 Å². The Morgan fingerprint density at radius 2 is 1.56 bits per heavy atom. The molecule has 0 aliphatic carbocycles. The van der Waals surface area contributed by atoms with Crippen LogP contribution in [0.3, 0.4) is 0 Å². The van der Waals surface area contributed by atoms with Gasteiger partial charge in [0.05, 0.1) is 21.6 Å². The molecular weight excluding hydrogens is 267 g/mol. The van der Waals surface area contributed by atoms with E-state index in [-0.39, 0.29) is 18.9 Å². The normalized spacial score (nSPS) is 13.2. The fourth-order valence-corrected chi connectivity index (χ4v) is 5.84. The zero-order valence-electron chi connectivity index (χ0n) is 9.89. The number of hydrogen-bond acceptors (Lipinski definition) is 6. The van der Waals surface area contributed by atoms with Crippen molar-refractivity contribution < 1.29 is 44.1 Å². The van der Waals surface area contributed by atoms with E-state index in [1.807, 2.05) is 0 Å². The summed E-state index contributed by atoms with van der Waals surface area (Å²) in [6.07, 6.45) is 0. The summed E-state index contributed by atoms with van der Waals surface area (Å²) in [5, 5.41) is 0. The van der Waals surface area contributed by atoms with Gasteiger partial charge in [-0.05, 0) is 19.1 Å². The topological polar surface area (TPSA) is 101 Å². The van der Waals surface area contributed by atoms with Crippen molar-refractivity contribution in [3.05, 3.63) is 0 Å². The first-order chi connectivity index (χ1) is 6.47. The maximum Gasteiger partial charge on any atom is 1.00 e. The van der Waals surface area contributed by atoms with Gasteiger partial charge in [-0.25, -0.2) is 16.8 Å². The molecule has 10 heteroatoms. The molecule has 0 heterocycles. The van der Waals surface area contributed by atoms with Crippen molar-refractivity contribution >= 4 is 28.6 Å². The van der Waals surface area contributed by atoms with Crippen LogP contribution in [0.15, 0.2) is 0 Å². The van der Waals surface area contributed by atoms with Crippen LogP contribution in [0, 0.1) is 0 Å². The van der Waals surface area contributed by atoms with Crippen molar-refractivity contribution in [3.63, 3.8) is 0 Å². The largest absolute Gasteiger partial charge is 1.00 e. The molecule has 0 aromatic rings. The van der Waals surface area contributed by atoms with E-state index >= 15 is 0 Å². The van der Waals surface area contributed by atoms with Crippen LogP contribution in [0.5, 0.6) is 0 Å². The summed E-state index contributed by atoms with van der Waals surface area (Å²) in [6, 6.07) is 0.594. The third-order valence-electron chi connectivity index (χ3n) is 1.79. The molecule has 16 heavy (non-hydrogen) atoms. The Morgan fingerprint density at radius 3 is 1.88 bits per heavy atom. The smallest absolute Gasteiger partial charge is 0.748 e. The van der Waals surface area contributed by atoms with Crippen molar-refractivity contribution in [2.45, 2.75) is 26.1 Å². The Morgan fingerprint density at radius 1 is 1.12 bits per heavy atom. The standard InChI is InChI=1S/C6H16O6S2Si.Li/c1-4-15(2,3)12-14(10,11)6-5-13(7,8)9;/h4-6H2,1-3H3,(H,7,8,9);/q;+1/p-1. The van der Waals surface area contributed by atoms with Crippen LogP contribution in [0.2, 0.25) is 19.1 Å². The quantitative estimate of drug-likeness (QED) is 0.383. The van der Waals surface area contributed by atoms with E-state index in [0.717, 1.165) is 0 Å². The van der Waals surface area contributed by atoms with Crippen molar-refractivity contribution in [1.29, 1.82) is 0 Å². The maximum atomic E-state index is 11.3. The molecule has 0 amide bonds. The second-order valence-electron chi connectivity index (χ2n) is 3.72. The second-order valence-corrected chi connectivity index (χ2v) is 11.7. The molecule has 0 atom stereocenters. The van der Waals surface area contributed by atoms with E-state index in [1.54, 1.807) is 20.0 Å². The zero-order valence-corrected chi connectivity index (χ0v) is 12.5. The molecule has 0 saturated heterocycles. The molecule has 0 aromatic carbocycles. The van der Waals surface area contributed by atoms with Crippen LogP contribution in [-0.4, -0.2) is 41.2 Å². The summed E-state index contributed by atoms with van der Waals surface area (Å²) < 4.78 is 58.1. The van der Waals surface area contributed by atoms with Crippen LogP contribution < -0.4 is 18.9 Å². The molecule has 0 unspecified atom stereocenters. The molecule has 0 aliphatic heterocycles. The summed E-state index contributed by atoms with van der Waals surface area (Å²) in [4.78, 5) is 0. The molecule has 6 nitrogen and oxygen atoms in total. The van der Waals surface area contributed by atoms with E-state index in [9.17, 15) is 21.4 Å². The van der Waals surface area contributed by atoms with Crippen LogP contribution in [0.25, 0.3) is 0 Å². The molecule has 0 rings (SSSR count). The second kappa shape index (κ2) is 6.54. The molecule has 0 saturated carbocycles. The third-order valence-corrected chi connectivity index (χ3v) is 7.98. The average Bonchev–Trinajstić information content (AvgIpc) is 1.98. The Labute approximate surface area is 110 Å². The predicted octanol–water partition coefficient (Wildman–Crippen LogP) is -2.89. The van der Waals surface area contributed by atoms with Gasteiger partial charge in [0, 0.05) is 0 Å². The van der Waals surface area contributed by atoms with Crippen LogP contribution >= 0.6 is 0 Å². The van der Waals surface area contributed by atoms with Gasteiger partial charge in [-0.2, -0.15) is 0 Å². The first-order valence-corrected chi connectivity index (χ1v) is 10.6. The van der Waals surface area contributed by atoms with Gasteiger partial charge in [0.2, 0.25) is 8.32 Å². The minimum atomic E-state index is -4.51. The summed E-state index contributed by atoms with van der Waals surface area (Å²) >= 11 is 0. The summed E-state index contributed by atoms with van der Waals surface area (Å²) in [7, 11) is -10.7. The minimum absolute atomic E-state index is 0. The SMILES string of the molecule is CC[Si](C)(C)OS(=O)(=O)CCS(=O)(=O)[O-].[Li+]. The summed E-state index contributed by atoms with van der Waals surface area (Å²) in [5.41, 5.74) is 0. The van der Waals surface area contributed by atoms with Gasteiger partial charge in [-0.3, -0.25) is 0 Å². The van der Waals surface area contributed by atoms with E-state index < -0.39 is 40.1 Å². The monoisotopic (exact) mass is 282 g/mol. The molecule has 92 valence electrons. The van der Waals surface area contributed by atoms with Gasteiger partial charge in [0.15, 0.2) is 0 Å². The third kappa shape index (κ3) is 9.83. The van der Waals surface area contributed by atoms with E-state index in [1.165, 1.54) is 0 Å². The molecule has 0 N–H and O–H groups in total. The van der Waals surface area contributed by atoms with Crippen LogP contribution in [-0.2, 0) is 24.1 Å². The summed E-state index contributed by atoms with van der Waals surface area (Å²) in [5.74, 6) is -1.71. The summed E-state index contributed by atoms with van der Waals surface area (Å²) in [6.45, 7) is 5.21. The Balaban J connectivity index is 0. The van der Waals surface area contributed by atoms with Gasteiger partial charge >= 0.3 is 18.9 Å². The predicted molar refractivity (Wildman–Crippen MR) is 57.4 cm³/mol. The molecule has 0 fully saturated rings. The number of rotatable bonds is 6. The minimum Gasteiger partial charge on any atom is -0.748 e. The van der Waals surface area contributed by atoms with E-state index in [2.05, 4.69) is 0 Å². The van der Waals surface area contributed by atoms with E-state index in [4.69, 9.17) is 3.87 Å². The van der Waals surface area contributed by atoms with Gasteiger partial charge in [0.25, 0.3) is 10.1 Å². The van der Waals surface area contributed by atoms with Gasteiger partial charge in [-0.1, -0.05) is 6.92 Å². The molecular formula is C6H15LiO6S2Si. The van der Waals surface area contributed by atoms with Gasteiger partial charge < -0.3 is 8.42 Å². The van der Waals surface area contributed by atoms with Gasteiger partial charge in [0.1, 0.15) is 0 Å². The average molecular weight is 282 g/mol. The fourth-order valence-electron chi connectivity index (χ4n) is 0.648. The van der Waals surface area contributed by atoms with E-state index in [0.29, 0.717) is 6.04 Å². The van der Waals surface area contributed by atoms with Crippen molar-refractivity contribution in [3.8, 4) is 0 Å². The first-order valence-electron chi connectivity index (χ1n) is 4.34. The van der Waals surface area contributed by atoms with Crippen molar-refractivity contribution in [2.75, 3.05) is 11.5 Å². The molecule has 0 bridgehead atoms. The zero-order chi connectivity index (χ0) is 12.3. The Kier molecular flexibility index (Phi) is 7.76. The fraction of sp³-hybridized carbons (Fsp3) is 1.00. The van der Waals surface area contributed by atoms with Crippen molar-refractivity contribution in [2.24, 2.45) is 0 Å². The van der Waals surface area contributed by atoms with Crippen LogP contribution in [0.4, 0.5) is 0 Å². The Bertz CT molecular complexity index is 401. The van der Waals surface area contributed by atoms with Gasteiger partial charge in [-0.15, -0.1) is 0 Å².